The van der Waals surface area contributed by atoms with Gasteiger partial charge in [-0.05, 0) is 38.1 Å². The lowest BCUT2D eigenvalue weighted by atomic mass is 9.91. The topological polar surface area (TPSA) is 61.8 Å². The molecule has 92 valence electrons. The van der Waals surface area contributed by atoms with E-state index in [1.807, 2.05) is 6.92 Å². The van der Waals surface area contributed by atoms with E-state index in [0.29, 0.717) is 5.84 Å². The van der Waals surface area contributed by atoms with E-state index >= 15 is 0 Å². The molecule has 3 unspecified atom stereocenters. The Labute approximate surface area is 97.5 Å². The zero-order chi connectivity index (χ0) is 11.5. The Morgan fingerprint density at radius 2 is 2.19 bits per heavy atom. The molecule has 0 radical (unpaired) electrons. The predicted molar refractivity (Wildman–Crippen MR) is 64.5 cm³/mol. The van der Waals surface area contributed by atoms with Crippen molar-refractivity contribution < 1.29 is 5.21 Å². The van der Waals surface area contributed by atoms with E-state index < -0.39 is 0 Å². The summed E-state index contributed by atoms with van der Waals surface area (Å²) in [7, 11) is 0. The minimum atomic E-state index is 0.157. The highest BCUT2D eigenvalue weighted by Gasteiger charge is 2.35. The van der Waals surface area contributed by atoms with Crippen LogP contribution in [0.3, 0.4) is 0 Å². The van der Waals surface area contributed by atoms with Crippen molar-refractivity contribution in [1.82, 2.24) is 4.90 Å². The van der Waals surface area contributed by atoms with Crippen LogP contribution in [0.15, 0.2) is 5.16 Å². The highest BCUT2D eigenvalue weighted by atomic mass is 16.4. The number of fused-ring (bicyclic) bond motifs is 1. The van der Waals surface area contributed by atoms with E-state index in [4.69, 9.17) is 10.9 Å². The monoisotopic (exact) mass is 225 g/mol. The maximum atomic E-state index is 8.67. The molecule has 1 saturated carbocycles. The van der Waals surface area contributed by atoms with Crippen molar-refractivity contribution in [3.05, 3.63) is 0 Å². The minimum Gasteiger partial charge on any atom is -0.409 e. The van der Waals surface area contributed by atoms with Crippen LogP contribution in [0, 0.1) is 11.8 Å². The molecule has 1 heterocycles. The average Bonchev–Trinajstić information content (AvgIpc) is 2.77. The number of nitrogens with zero attached hydrogens (tertiary/aromatic N) is 2. The highest BCUT2D eigenvalue weighted by Crippen LogP contribution is 2.36. The van der Waals surface area contributed by atoms with Crippen LogP contribution >= 0.6 is 0 Å². The second kappa shape index (κ2) is 5.04. The summed E-state index contributed by atoms with van der Waals surface area (Å²) < 4.78 is 0. The van der Waals surface area contributed by atoms with Crippen LogP contribution in [0.25, 0.3) is 0 Å². The van der Waals surface area contributed by atoms with Crippen LogP contribution in [0.1, 0.15) is 39.0 Å². The van der Waals surface area contributed by atoms with Gasteiger partial charge >= 0.3 is 0 Å². The number of nitrogens with two attached hydrogens (primary N) is 1. The van der Waals surface area contributed by atoms with Gasteiger partial charge in [-0.3, -0.25) is 4.90 Å². The summed E-state index contributed by atoms with van der Waals surface area (Å²) in [5.74, 6) is 1.43. The first-order valence-electron chi connectivity index (χ1n) is 6.44. The first-order valence-corrected chi connectivity index (χ1v) is 6.44. The van der Waals surface area contributed by atoms with Crippen LogP contribution in [-0.2, 0) is 0 Å². The fourth-order valence-electron chi connectivity index (χ4n) is 3.33. The van der Waals surface area contributed by atoms with Crippen molar-refractivity contribution in [3.8, 4) is 0 Å². The smallest absolute Gasteiger partial charge is 0.143 e. The van der Waals surface area contributed by atoms with Crippen LogP contribution in [0.2, 0.25) is 0 Å². The number of hydrogen-bond acceptors (Lipinski definition) is 3. The van der Waals surface area contributed by atoms with Crippen molar-refractivity contribution in [2.45, 2.75) is 45.1 Å². The van der Waals surface area contributed by atoms with Gasteiger partial charge in [-0.15, -0.1) is 0 Å². The summed E-state index contributed by atoms with van der Waals surface area (Å²) in [6.07, 6.45) is 6.83. The highest BCUT2D eigenvalue weighted by molar-refractivity contribution is 5.82. The van der Waals surface area contributed by atoms with Crippen LogP contribution in [0.4, 0.5) is 0 Å². The summed E-state index contributed by atoms with van der Waals surface area (Å²) in [6, 6.07) is 0.766. The summed E-state index contributed by atoms with van der Waals surface area (Å²) in [6.45, 7) is 4.16. The third kappa shape index (κ3) is 2.32. The molecule has 0 aromatic rings. The quantitative estimate of drug-likeness (QED) is 0.332. The molecule has 2 fully saturated rings. The van der Waals surface area contributed by atoms with Crippen molar-refractivity contribution in [3.63, 3.8) is 0 Å². The molecule has 3 N–H and O–H groups in total. The number of hydrogen-bond donors (Lipinski definition) is 2. The SMILES string of the molecule is CC(CN1CCCC2CCCC21)C(N)=NO. The van der Waals surface area contributed by atoms with Gasteiger partial charge < -0.3 is 10.9 Å². The first kappa shape index (κ1) is 11.7. The molecule has 3 atom stereocenters. The molecular formula is C12H23N3O. The Kier molecular flexibility index (Phi) is 3.69. The number of likely N-dealkylation sites (tertiary alicyclic amines) is 1. The predicted octanol–water partition coefficient (Wildman–Crippen LogP) is 1.63. The first-order chi connectivity index (χ1) is 7.72. The van der Waals surface area contributed by atoms with Gasteiger partial charge in [-0.25, -0.2) is 0 Å². The Bertz CT molecular complexity index is 267. The summed E-state index contributed by atoms with van der Waals surface area (Å²) in [5.41, 5.74) is 5.64. The molecule has 2 rings (SSSR count). The van der Waals surface area contributed by atoms with E-state index in [9.17, 15) is 0 Å². The molecule has 0 amide bonds. The van der Waals surface area contributed by atoms with Crippen molar-refractivity contribution in [2.24, 2.45) is 22.7 Å². The summed E-state index contributed by atoms with van der Waals surface area (Å²) in [5, 5.41) is 11.8. The van der Waals surface area contributed by atoms with Gasteiger partial charge in [0.1, 0.15) is 5.84 Å². The Morgan fingerprint density at radius 1 is 1.44 bits per heavy atom. The van der Waals surface area contributed by atoms with Gasteiger partial charge in [-0.1, -0.05) is 18.5 Å². The molecule has 16 heavy (non-hydrogen) atoms. The lowest BCUT2D eigenvalue weighted by molar-refractivity contribution is 0.106. The van der Waals surface area contributed by atoms with Gasteiger partial charge in [0, 0.05) is 18.5 Å². The van der Waals surface area contributed by atoms with Gasteiger partial charge in [0.15, 0.2) is 0 Å². The van der Waals surface area contributed by atoms with Crippen LogP contribution in [-0.4, -0.2) is 35.1 Å². The molecule has 0 aromatic heterocycles. The molecule has 4 nitrogen and oxygen atoms in total. The molecule has 0 aromatic carbocycles. The Hall–Kier alpha value is -0.770. The van der Waals surface area contributed by atoms with E-state index in [-0.39, 0.29) is 5.92 Å². The molecule has 2 aliphatic rings. The van der Waals surface area contributed by atoms with Gasteiger partial charge in [0.2, 0.25) is 0 Å². The van der Waals surface area contributed by atoms with E-state index in [1.165, 1.54) is 38.6 Å². The maximum absolute atomic E-state index is 8.67. The average molecular weight is 225 g/mol. The number of oxime groups is 1. The third-order valence-corrected chi connectivity index (χ3v) is 4.24. The fraction of sp³-hybridized carbons (Fsp3) is 0.917. The van der Waals surface area contributed by atoms with Gasteiger partial charge in [0.25, 0.3) is 0 Å². The van der Waals surface area contributed by atoms with Crippen molar-refractivity contribution in [1.29, 1.82) is 0 Å². The molecule has 1 saturated heterocycles. The Balaban J connectivity index is 1.93. The normalized spacial score (nSPS) is 33.7. The number of rotatable bonds is 3. The second-order valence-corrected chi connectivity index (χ2v) is 5.32. The largest absolute Gasteiger partial charge is 0.409 e. The van der Waals surface area contributed by atoms with Gasteiger partial charge in [-0.2, -0.15) is 0 Å². The number of piperidine rings is 1. The fourth-order valence-corrected chi connectivity index (χ4v) is 3.33. The lowest BCUT2D eigenvalue weighted by Gasteiger charge is -2.38. The van der Waals surface area contributed by atoms with Gasteiger partial charge in [0.05, 0.1) is 0 Å². The summed E-state index contributed by atoms with van der Waals surface area (Å²) in [4.78, 5) is 2.56. The molecule has 1 aliphatic carbocycles. The van der Waals surface area contributed by atoms with Crippen LogP contribution < -0.4 is 5.73 Å². The molecule has 0 bridgehead atoms. The van der Waals surface area contributed by atoms with E-state index in [1.54, 1.807) is 0 Å². The summed E-state index contributed by atoms with van der Waals surface area (Å²) >= 11 is 0. The van der Waals surface area contributed by atoms with E-state index in [2.05, 4.69) is 10.1 Å². The minimum absolute atomic E-state index is 0.157. The second-order valence-electron chi connectivity index (χ2n) is 5.32. The van der Waals surface area contributed by atoms with Crippen molar-refractivity contribution in [2.75, 3.05) is 13.1 Å². The Morgan fingerprint density at radius 3 is 2.94 bits per heavy atom. The third-order valence-electron chi connectivity index (χ3n) is 4.24. The molecule has 1 aliphatic heterocycles. The zero-order valence-electron chi connectivity index (χ0n) is 10.1. The standard InChI is InChI=1S/C12H23N3O/c1-9(12(13)14-16)8-15-7-3-5-10-4-2-6-11(10)15/h9-11,16H,2-8H2,1H3,(H2,13,14). The molecular weight excluding hydrogens is 202 g/mol. The zero-order valence-corrected chi connectivity index (χ0v) is 10.1. The van der Waals surface area contributed by atoms with E-state index in [0.717, 1.165) is 18.5 Å². The number of amidine groups is 1. The van der Waals surface area contributed by atoms with Crippen molar-refractivity contribution >= 4 is 5.84 Å². The van der Waals surface area contributed by atoms with Crippen LogP contribution in [0.5, 0.6) is 0 Å². The maximum Gasteiger partial charge on any atom is 0.143 e. The molecule has 4 heteroatoms. The lowest BCUT2D eigenvalue weighted by Crippen LogP contribution is -2.46. The molecule has 0 spiro atoms.